The number of aliphatic hydroxyl groups excluding tert-OH is 1. The minimum atomic E-state index is -0.972. The van der Waals surface area contributed by atoms with Gasteiger partial charge in [-0.25, -0.2) is 0 Å². The Kier molecular flexibility index (Phi) is 5.59. The van der Waals surface area contributed by atoms with Crippen LogP contribution in [0.5, 0.6) is 0 Å². The van der Waals surface area contributed by atoms with Gasteiger partial charge >= 0.3 is 0 Å². The van der Waals surface area contributed by atoms with Gasteiger partial charge in [0.05, 0.1) is 19.3 Å². The monoisotopic (exact) mass is 399 g/mol. The van der Waals surface area contributed by atoms with Crippen molar-refractivity contribution >= 4 is 17.8 Å². The predicted octanol–water partition coefficient (Wildman–Crippen LogP) is 1.63. The maximum absolute atomic E-state index is 11.9. The molecule has 1 amide bonds. The molecular weight excluding hydrogens is 374 g/mol. The van der Waals surface area contributed by atoms with Gasteiger partial charge in [0.25, 0.3) is 5.91 Å². The number of hydrogen-bond acceptors (Lipinski definition) is 8. The lowest BCUT2D eigenvalue weighted by Crippen LogP contribution is -2.42. The normalized spacial score (nSPS) is 18.9. The quantitative estimate of drug-likeness (QED) is 0.631. The number of ether oxygens (including phenoxy) is 1. The molecule has 1 aromatic carbocycles. The van der Waals surface area contributed by atoms with Gasteiger partial charge in [-0.05, 0) is 25.8 Å². The smallest absolute Gasteiger partial charge is 0.251 e. The number of nitrogens with one attached hydrogen (secondary N) is 2. The molecule has 0 bridgehead atoms. The van der Waals surface area contributed by atoms with Gasteiger partial charge in [-0.15, -0.1) is 0 Å². The Morgan fingerprint density at radius 2 is 2.14 bits per heavy atom. The standard InChI is InChI=1S/C20H25N5O4/c1-12(26)20(27)25-6-4-13(5-7-25)19-23-18(24-29-19)14-2-3-15(9-21)17(8-14)22-16-10-28-11-16/h2-3,8-9,12-13,16,21-22,26H,4-7,10-11H2,1H3. The Labute approximate surface area is 168 Å². The van der Waals surface area contributed by atoms with Gasteiger partial charge in [0.1, 0.15) is 6.10 Å². The second kappa shape index (κ2) is 8.30. The van der Waals surface area contributed by atoms with Crippen LogP contribution in [0.4, 0.5) is 5.69 Å². The molecule has 2 aliphatic rings. The third kappa shape index (κ3) is 4.15. The van der Waals surface area contributed by atoms with Crippen molar-refractivity contribution < 1.29 is 19.2 Å². The molecule has 29 heavy (non-hydrogen) atoms. The molecule has 1 unspecified atom stereocenters. The number of likely N-dealkylation sites (tertiary alicyclic amines) is 1. The number of piperidine rings is 1. The van der Waals surface area contributed by atoms with Crippen LogP contribution >= 0.6 is 0 Å². The summed E-state index contributed by atoms with van der Waals surface area (Å²) in [7, 11) is 0. The van der Waals surface area contributed by atoms with Crippen LogP contribution in [-0.2, 0) is 9.53 Å². The summed E-state index contributed by atoms with van der Waals surface area (Å²) in [5.41, 5.74) is 2.46. The second-order valence-corrected chi connectivity index (χ2v) is 7.56. The van der Waals surface area contributed by atoms with E-state index in [2.05, 4.69) is 15.5 Å². The SMILES string of the molecule is CC(O)C(=O)N1CCC(c2nc(-c3ccc(C=N)c(NC4COC4)c3)no2)CC1. The number of benzene rings is 1. The first kappa shape index (κ1) is 19.5. The lowest BCUT2D eigenvalue weighted by molar-refractivity contribution is -0.140. The summed E-state index contributed by atoms with van der Waals surface area (Å²) in [4.78, 5) is 18.2. The number of rotatable bonds is 6. The molecule has 9 nitrogen and oxygen atoms in total. The minimum Gasteiger partial charge on any atom is -0.384 e. The molecule has 0 aliphatic carbocycles. The van der Waals surface area contributed by atoms with Crippen molar-refractivity contribution in [3.05, 3.63) is 29.7 Å². The summed E-state index contributed by atoms with van der Waals surface area (Å²) in [6.45, 7) is 3.94. The number of hydrogen-bond donors (Lipinski definition) is 3. The molecule has 4 rings (SSSR count). The summed E-state index contributed by atoms with van der Waals surface area (Å²) in [5.74, 6) is 0.937. The molecular formula is C20H25N5O4. The highest BCUT2D eigenvalue weighted by Crippen LogP contribution is 2.30. The third-order valence-electron chi connectivity index (χ3n) is 5.42. The van der Waals surface area contributed by atoms with Gasteiger partial charge in [0, 0.05) is 42.0 Å². The van der Waals surface area contributed by atoms with Gasteiger partial charge in [-0.1, -0.05) is 17.3 Å². The van der Waals surface area contributed by atoms with E-state index in [1.807, 2.05) is 18.2 Å². The van der Waals surface area contributed by atoms with Gasteiger partial charge in [0.2, 0.25) is 11.7 Å². The Morgan fingerprint density at radius 3 is 2.76 bits per heavy atom. The van der Waals surface area contributed by atoms with Crippen molar-refractivity contribution in [2.45, 2.75) is 37.8 Å². The molecule has 2 fully saturated rings. The van der Waals surface area contributed by atoms with Crippen molar-refractivity contribution in [3.63, 3.8) is 0 Å². The molecule has 0 saturated carbocycles. The lowest BCUT2D eigenvalue weighted by Gasteiger charge is -2.31. The number of carbonyl (C=O) groups is 1. The molecule has 154 valence electrons. The van der Waals surface area contributed by atoms with Crippen molar-refractivity contribution in [1.82, 2.24) is 15.0 Å². The second-order valence-electron chi connectivity index (χ2n) is 7.56. The number of amides is 1. The summed E-state index contributed by atoms with van der Waals surface area (Å²) in [5, 5.41) is 24.6. The largest absolute Gasteiger partial charge is 0.384 e. The van der Waals surface area contributed by atoms with E-state index in [1.165, 1.54) is 13.1 Å². The van der Waals surface area contributed by atoms with Crippen molar-refractivity contribution in [1.29, 1.82) is 5.41 Å². The van der Waals surface area contributed by atoms with Crippen LogP contribution in [0.15, 0.2) is 22.7 Å². The van der Waals surface area contributed by atoms with Gasteiger partial charge in [-0.2, -0.15) is 4.98 Å². The molecule has 0 radical (unpaired) electrons. The fourth-order valence-corrected chi connectivity index (χ4v) is 3.61. The van der Waals surface area contributed by atoms with Crippen LogP contribution in [0.2, 0.25) is 0 Å². The molecule has 2 saturated heterocycles. The van der Waals surface area contributed by atoms with Crippen LogP contribution in [-0.4, -0.2) is 70.7 Å². The summed E-state index contributed by atoms with van der Waals surface area (Å²) in [6, 6.07) is 5.92. The number of anilines is 1. The first-order valence-corrected chi connectivity index (χ1v) is 9.85. The fraction of sp³-hybridized carbons (Fsp3) is 0.500. The van der Waals surface area contributed by atoms with E-state index in [0.29, 0.717) is 38.0 Å². The molecule has 1 aromatic heterocycles. The van der Waals surface area contributed by atoms with Crippen molar-refractivity contribution in [2.75, 3.05) is 31.6 Å². The predicted molar refractivity (Wildman–Crippen MR) is 106 cm³/mol. The molecule has 1 atom stereocenters. The highest BCUT2D eigenvalue weighted by Gasteiger charge is 2.29. The van der Waals surface area contributed by atoms with Crippen LogP contribution < -0.4 is 5.32 Å². The fourth-order valence-electron chi connectivity index (χ4n) is 3.61. The lowest BCUT2D eigenvalue weighted by atomic mass is 9.96. The van der Waals surface area contributed by atoms with E-state index in [1.54, 1.807) is 4.90 Å². The molecule has 0 spiro atoms. The van der Waals surface area contributed by atoms with E-state index in [0.717, 1.165) is 29.7 Å². The highest BCUT2D eigenvalue weighted by atomic mass is 16.5. The highest BCUT2D eigenvalue weighted by molar-refractivity contribution is 5.87. The van der Waals surface area contributed by atoms with Gasteiger partial charge in [0.15, 0.2) is 0 Å². The summed E-state index contributed by atoms with van der Waals surface area (Å²) >= 11 is 0. The first-order valence-electron chi connectivity index (χ1n) is 9.85. The van der Waals surface area contributed by atoms with Crippen molar-refractivity contribution in [2.24, 2.45) is 0 Å². The minimum absolute atomic E-state index is 0.0971. The van der Waals surface area contributed by atoms with Crippen LogP contribution in [0.1, 0.15) is 37.1 Å². The zero-order valence-corrected chi connectivity index (χ0v) is 16.3. The number of aromatic nitrogens is 2. The number of carbonyl (C=O) groups excluding carboxylic acids is 1. The third-order valence-corrected chi connectivity index (χ3v) is 5.42. The van der Waals surface area contributed by atoms with Crippen LogP contribution in [0.25, 0.3) is 11.4 Å². The number of nitrogens with zero attached hydrogens (tertiary/aromatic N) is 3. The van der Waals surface area contributed by atoms with Gasteiger partial charge in [-0.3, -0.25) is 4.79 Å². The Balaban J connectivity index is 1.46. The Hall–Kier alpha value is -2.78. The van der Waals surface area contributed by atoms with Crippen LogP contribution in [0.3, 0.4) is 0 Å². The van der Waals surface area contributed by atoms with E-state index in [-0.39, 0.29) is 17.9 Å². The van der Waals surface area contributed by atoms with E-state index in [4.69, 9.17) is 14.7 Å². The zero-order valence-electron chi connectivity index (χ0n) is 16.3. The van der Waals surface area contributed by atoms with Crippen molar-refractivity contribution in [3.8, 4) is 11.4 Å². The first-order chi connectivity index (χ1) is 14.0. The van der Waals surface area contributed by atoms with E-state index in [9.17, 15) is 9.90 Å². The summed E-state index contributed by atoms with van der Waals surface area (Å²) in [6.07, 6.45) is 1.79. The maximum atomic E-state index is 11.9. The Morgan fingerprint density at radius 1 is 1.38 bits per heavy atom. The molecule has 3 N–H and O–H groups in total. The zero-order chi connectivity index (χ0) is 20.4. The molecule has 2 aliphatic heterocycles. The topological polar surface area (TPSA) is 125 Å². The molecule has 9 heteroatoms. The Bertz CT molecular complexity index is 885. The van der Waals surface area contributed by atoms with Crippen LogP contribution in [0, 0.1) is 5.41 Å². The maximum Gasteiger partial charge on any atom is 0.251 e. The van der Waals surface area contributed by atoms with E-state index >= 15 is 0 Å². The molecule has 3 heterocycles. The molecule has 2 aromatic rings. The average molecular weight is 399 g/mol. The van der Waals surface area contributed by atoms with E-state index < -0.39 is 6.10 Å². The average Bonchev–Trinajstić information content (AvgIpc) is 3.20. The number of aliphatic hydroxyl groups is 1. The van der Waals surface area contributed by atoms with Gasteiger partial charge < -0.3 is 30.0 Å². The summed E-state index contributed by atoms with van der Waals surface area (Å²) < 4.78 is 10.7.